The highest BCUT2D eigenvalue weighted by molar-refractivity contribution is 7.28. The van der Waals surface area contributed by atoms with Crippen molar-refractivity contribution in [1.82, 2.24) is 0 Å². The molecular weight excluding hydrogens is 609 g/mol. The van der Waals surface area contributed by atoms with Crippen LogP contribution < -0.4 is 0 Å². The second-order valence-electron chi connectivity index (χ2n) is 12.0. The average Bonchev–Trinajstić information content (AvgIpc) is 3.78. The van der Waals surface area contributed by atoms with Crippen molar-refractivity contribution in [3.05, 3.63) is 117 Å². The van der Waals surface area contributed by atoms with Gasteiger partial charge in [-0.3, -0.25) is 0 Å². The summed E-state index contributed by atoms with van der Waals surface area (Å²) < 4.78 is 2.77. The Kier molecular flexibility index (Phi) is 6.69. The molecule has 44 heavy (non-hydrogen) atoms. The van der Waals surface area contributed by atoms with E-state index in [1.54, 1.807) is 0 Å². The van der Waals surface area contributed by atoms with E-state index in [1.165, 1.54) is 105 Å². The van der Waals surface area contributed by atoms with Crippen molar-refractivity contribution in [2.45, 2.75) is 41.5 Å². The summed E-state index contributed by atoms with van der Waals surface area (Å²) in [6, 6.07) is 32.4. The van der Waals surface area contributed by atoms with Crippen molar-refractivity contribution in [2.24, 2.45) is 0 Å². The van der Waals surface area contributed by atoms with Crippen molar-refractivity contribution in [3.8, 4) is 41.8 Å². The largest absolute Gasteiger partial charge is 0.140 e. The molecule has 0 saturated carbocycles. The molecule has 0 bridgehead atoms. The van der Waals surface area contributed by atoms with Gasteiger partial charge in [0.1, 0.15) is 0 Å². The molecule has 0 nitrogen and oxygen atoms in total. The van der Waals surface area contributed by atoms with E-state index in [0.29, 0.717) is 0 Å². The summed E-state index contributed by atoms with van der Waals surface area (Å²) in [5.41, 5.74) is 10.7. The molecule has 0 unspecified atom stereocenters. The minimum atomic E-state index is 1.33. The zero-order chi connectivity index (χ0) is 30.3. The molecule has 0 aliphatic carbocycles. The molecule has 0 N–H and O–H groups in total. The second kappa shape index (κ2) is 10.5. The molecule has 0 fully saturated rings. The molecule has 4 aromatic carbocycles. The van der Waals surface area contributed by atoms with Crippen LogP contribution in [0.4, 0.5) is 0 Å². The molecule has 4 heteroatoms. The van der Waals surface area contributed by atoms with Crippen molar-refractivity contribution in [1.29, 1.82) is 0 Å². The Labute approximate surface area is 274 Å². The zero-order valence-electron chi connectivity index (χ0n) is 25.7. The van der Waals surface area contributed by atoms with Gasteiger partial charge in [0, 0.05) is 49.4 Å². The second-order valence-corrected chi connectivity index (χ2v) is 16.7. The van der Waals surface area contributed by atoms with Crippen molar-refractivity contribution < 1.29 is 0 Å². The topological polar surface area (TPSA) is 0 Å². The molecule has 4 heterocycles. The lowest BCUT2D eigenvalue weighted by molar-refractivity contribution is 1.38. The molecule has 8 aromatic rings. The van der Waals surface area contributed by atoms with Crippen LogP contribution >= 0.6 is 45.3 Å². The first kappa shape index (κ1) is 28.0. The molecule has 0 saturated heterocycles. The van der Waals surface area contributed by atoms with Crippen LogP contribution in [0, 0.1) is 41.5 Å². The van der Waals surface area contributed by atoms with Crippen LogP contribution in [0.15, 0.2) is 84.9 Å². The molecule has 0 aliphatic rings. The van der Waals surface area contributed by atoms with Gasteiger partial charge in [0.25, 0.3) is 0 Å². The zero-order valence-corrected chi connectivity index (χ0v) is 29.0. The van der Waals surface area contributed by atoms with Gasteiger partial charge < -0.3 is 0 Å². The third-order valence-corrected chi connectivity index (χ3v) is 13.6. The Balaban J connectivity index is 1.61. The molecular formula is C40H32S4. The number of thiophene rings is 4. The first-order valence-corrected chi connectivity index (χ1v) is 18.3. The van der Waals surface area contributed by atoms with Crippen LogP contribution in [-0.4, -0.2) is 0 Å². The highest BCUT2D eigenvalue weighted by atomic mass is 32.1. The van der Waals surface area contributed by atoms with Crippen LogP contribution in [0.3, 0.4) is 0 Å². The fourth-order valence-corrected chi connectivity index (χ4v) is 11.2. The van der Waals surface area contributed by atoms with Gasteiger partial charge in [-0.2, -0.15) is 0 Å². The highest BCUT2D eigenvalue weighted by Gasteiger charge is 2.23. The molecule has 0 aliphatic heterocycles. The van der Waals surface area contributed by atoms with E-state index >= 15 is 0 Å². The molecule has 0 radical (unpaired) electrons. The van der Waals surface area contributed by atoms with Gasteiger partial charge in [-0.25, -0.2) is 0 Å². The lowest BCUT2D eigenvalue weighted by Gasteiger charge is -2.19. The third-order valence-electron chi connectivity index (χ3n) is 8.83. The number of benzene rings is 4. The summed E-state index contributed by atoms with van der Waals surface area (Å²) in [5.74, 6) is 0. The fourth-order valence-electron chi connectivity index (χ4n) is 6.86. The van der Waals surface area contributed by atoms with E-state index in [9.17, 15) is 0 Å². The third kappa shape index (κ3) is 4.42. The first-order valence-electron chi connectivity index (χ1n) is 15.0. The van der Waals surface area contributed by atoms with Crippen LogP contribution in [0.25, 0.3) is 72.7 Å². The molecule has 0 amide bonds. The Morgan fingerprint density at radius 3 is 1.11 bits per heavy atom. The van der Waals surface area contributed by atoms with Crippen LogP contribution in [0.2, 0.25) is 0 Å². The van der Waals surface area contributed by atoms with Gasteiger partial charge in [0.2, 0.25) is 0 Å². The van der Waals surface area contributed by atoms with Gasteiger partial charge in [-0.15, -0.1) is 45.3 Å². The van der Waals surface area contributed by atoms with Crippen molar-refractivity contribution in [3.63, 3.8) is 0 Å². The summed E-state index contributed by atoms with van der Waals surface area (Å²) in [4.78, 5) is 8.12. The van der Waals surface area contributed by atoms with Gasteiger partial charge in [-0.1, -0.05) is 36.4 Å². The minimum Gasteiger partial charge on any atom is -0.140 e. The Bertz CT molecular complexity index is 2190. The summed E-state index contributed by atoms with van der Waals surface area (Å²) in [6.45, 7) is 13.5. The van der Waals surface area contributed by atoms with Gasteiger partial charge in [-0.05, 0) is 145 Å². The predicted molar refractivity (Wildman–Crippen MR) is 201 cm³/mol. The maximum absolute atomic E-state index is 2.50. The SMILES string of the molecule is Cc1ccc(-c2cc3cc(-c4c(C)cccc4C)c4c5sc(-c6ccc(C)s6)cc5cc(-c5c(C)cccc5C)c4c3s2)s1. The molecule has 4 aromatic heterocycles. The molecule has 216 valence electrons. The Morgan fingerprint density at radius 1 is 0.386 bits per heavy atom. The number of fused-ring (bicyclic) bond motifs is 5. The maximum Gasteiger partial charge on any atom is 0.0455 e. The predicted octanol–water partition coefficient (Wildman–Crippen LogP) is 13.9. The van der Waals surface area contributed by atoms with E-state index in [2.05, 4.69) is 126 Å². The Hall–Kier alpha value is -3.54. The van der Waals surface area contributed by atoms with Gasteiger partial charge >= 0.3 is 0 Å². The van der Waals surface area contributed by atoms with Crippen molar-refractivity contribution in [2.75, 3.05) is 0 Å². The van der Waals surface area contributed by atoms with Crippen LogP contribution in [0.1, 0.15) is 32.0 Å². The lowest BCUT2D eigenvalue weighted by Crippen LogP contribution is -1.93. The van der Waals surface area contributed by atoms with Gasteiger partial charge in [0.15, 0.2) is 0 Å². The summed E-state index contributed by atoms with van der Waals surface area (Å²) in [5, 5.41) is 5.45. The van der Waals surface area contributed by atoms with E-state index in [1.807, 2.05) is 45.3 Å². The lowest BCUT2D eigenvalue weighted by atomic mass is 9.85. The normalized spacial score (nSPS) is 11.9. The van der Waals surface area contributed by atoms with Crippen LogP contribution in [0.5, 0.6) is 0 Å². The molecule has 8 rings (SSSR count). The minimum absolute atomic E-state index is 1.33. The standard InChI is InChI=1S/C40H32S4/c1-21-9-7-10-22(2)35(21)29-17-27-19-33(31-15-13-25(5)41-31)44-40(27)38-30(36-23(3)11-8-12-24(36)4)18-28-20-34(43-39(28)37(29)38)32-16-14-26(6)42-32/h7-20H,1-6H3. The van der Waals surface area contributed by atoms with Crippen LogP contribution in [-0.2, 0) is 0 Å². The first-order chi connectivity index (χ1) is 21.3. The number of hydrogen-bond acceptors (Lipinski definition) is 4. The van der Waals surface area contributed by atoms with Gasteiger partial charge in [0.05, 0.1) is 0 Å². The average molecular weight is 641 g/mol. The number of aryl methyl sites for hydroxylation is 6. The maximum atomic E-state index is 2.50. The fraction of sp³-hybridized carbons (Fsp3) is 0.150. The summed E-state index contributed by atoms with van der Waals surface area (Å²) in [6.07, 6.45) is 0. The van der Waals surface area contributed by atoms with E-state index in [4.69, 9.17) is 0 Å². The molecule has 0 spiro atoms. The summed E-state index contributed by atoms with van der Waals surface area (Å²) >= 11 is 7.70. The summed E-state index contributed by atoms with van der Waals surface area (Å²) in [7, 11) is 0. The van der Waals surface area contributed by atoms with E-state index < -0.39 is 0 Å². The van der Waals surface area contributed by atoms with Crippen molar-refractivity contribution >= 4 is 76.3 Å². The van der Waals surface area contributed by atoms with E-state index in [0.717, 1.165) is 0 Å². The smallest absolute Gasteiger partial charge is 0.0455 e. The van der Waals surface area contributed by atoms with E-state index in [-0.39, 0.29) is 0 Å². The number of hydrogen-bond donors (Lipinski definition) is 0. The molecule has 0 atom stereocenters. The number of rotatable bonds is 4. The highest BCUT2D eigenvalue weighted by Crippen LogP contribution is 2.52. The Morgan fingerprint density at radius 2 is 0.773 bits per heavy atom. The monoisotopic (exact) mass is 640 g/mol. The quantitative estimate of drug-likeness (QED) is 0.180.